The first kappa shape index (κ1) is 12.0. The van der Waals surface area contributed by atoms with Gasteiger partial charge in [0, 0.05) is 29.3 Å². The number of halogens is 1. The van der Waals surface area contributed by atoms with Crippen molar-refractivity contribution in [3.63, 3.8) is 0 Å². The number of rotatable bonds is 2. The lowest BCUT2D eigenvalue weighted by molar-refractivity contribution is 0.102. The Labute approximate surface area is 117 Å². The van der Waals surface area contributed by atoms with Gasteiger partial charge < -0.3 is 14.7 Å². The highest BCUT2D eigenvalue weighted by molar-refractivity contribution is 9.10. The number of carbonyl (C=O) groups is 1. The fraction of sp³-hybridized carbons (Fsp3) is 0.0769. The lowest BCUT2D eigenvalue weighted by Crippen LogP contribution is -2.11. The Morgan fingerprint density at radius 3 is 3.00 bits per heavy atom. The van der Waals surface area contributed by atoms with E-state index in [0.29, 0.717) is 22.9 Å². The monoisotopic (exact) mass is 319 g/mol. The second-order valence-electron chi connectivity index (χ2n) is 4.10. The van der Waals surface area contributed by atoms with Crippen LogP contribution in [0.15, 0.2) is 39.4 Å². The number of aromatic amines is 1. The maximum Gasteiger partial charge on any atom is 0.272 e. The summed E-state index contributed by atoms with van der Waals surface area (Å²) < 4.78 is 6.25. The van der Waals surface area contributed by atoms with Gasteiger partial charge in [-0.1, -0.05) is 0 Å². The first-order chi connectivity index (χ1) is 9.11. The van der Waals surface area contributed by atoms with Crippen LogP contribution >= 0.6 is 15.9 Å². The molecule has 0 saturated carbocycles. The number of hydrogen-bond acceptors (Lipinski definition) is 3. The zero-order valence-electron chi connectivity index (χ0n) is 10.0. The molecule has 0 aliphatic carbocycles. The number of fused-ring (bicyclic) bond motifs is 1. The maximum absolute atomic E-state index is 12.0. The van der Waals surface area contributed by atoms with E-state index in [4.69, 9.17) is 4.42 Å². The third-order valence-corrected chi connectivity index (χ3v) is 3.10. The van der Waals surface area contributed by atoms with E-state index < -0.39 is 0 Å². The molecule has 0 bridgehead atoms. The molecule has 0 fully saturated rings. The van der Waals surface area contributed by atoms with Crippen LogP contribution in [-0.4, -0.2) is 15.9 Å². The first-order valence-electron chi connectivity index (χ1n) is 5.64. The SMILES string of the molecule is Cc1nc2ccc(NC(=O)c3cc(Br)c[nH]3)cc2o1. The Morgan fingerprint density at radius 2 is 2.26 bits per heavy atom. The van der Waals surface area contributed by atoms with Crippen molar-refractivity contribution < 1.29 is 9.21 Å². The average molecular weight is 320 g/mol. The highest BCUT2D eigenvalue weighted by Crippen LogP contribution is 2.20. The Balaban J connectivity index is 1.86. The van der Waals surface area contributed by atoms with Crippen LogP contribution in [0.1, 0.15) is 16.4 Å². The van der Waals surface area contributed by atoms with Gasteiger partial charge in [-0.2, -0.15) is 0 Å². The molecule has 0 atom stereocenters. The Kier molecular flexibility index (Phi) is 2.87. The van der Waals surface area contributed by atoms with Gasteiger partial charge in [0.25, 0.3) is 5.91 Å². The smallest absolute Gasteiger partial charge is 0.272 e. The maximum atomic E-state index is 12.0. The number of anilines is 1. The minimum absolute atomic E-state index is 0.207. The second-order valence-corrected chi connectivity index (χ2v) is 5.02. The molecule has 6 heteroatoms. The van der Waals surface area contributed by atoms with Crippen LogP contribution in [0.3, 0.4) is 0 Å². The summed E-state index contributed by atoms with van der Waals surface area (Å²) in [4.78, 5) is 19.0. The third kappa shape index (κ3) is 2.39. The number of nitrogens with one attached hydrogen (secondary N) is 2. The summed E-state index contributed by atoms with van der Waals surface area (Å²) in [5.41, 5.74) is 2.58. The molecule has 0 aliphatic rings. The van der Waals surface area contributed by atoms with Gasteiger partial charge in [-0.05, 0) is 34.1 Å². The van der Waals surface area contributed by atoms with E-state index in [0.717, 1.165) is 9.99 Å². The summed E-state index contributed by atoms with van der Waals surface area (Å²) in [5, 5.41) is 2.79. The predicted molar refractivity (Wildman–Crippen MR) is 75.2 cm³/mol. The van der Waals surface area contributed by atoms with Crippen LogP contribution in [0.25, 0.3) is 11.1 Å². The van der Waals surface area contributed by atoms with Crippen molar-refractivity contribution in [2.45, 2.75) is 6.92 Å². The molecule has 1 aromatic carbocycles. The van der Waals surface area contributed by atoms with Crippen LogP contribution in [-0.2, 0) is 0 Å². The summed E-state index contributed by atoms with van der Waals surface area (Å²) in [6.45, 7) is 1.79. The van der Waals surface area contributed by atoms with Gasteiger partial charge in [0.1, 0.15) is 11.2 Å². The van der Waals surface area contributed by atoms with Crippen LogP contribution in [0.5, 0.6) is 0 Å². The lowest BCUT2D eigenvalue weighted by Gasteiger charge is -2.02. The van der Waals surface area contributed by atoms with Crippen molar-refractivity contribution in [3.05, 3.63) is 46.5 Å². The normalized spacial score (nSPS) is 10.8. The number of aromatic nitrogens is 2. The third-order valence-electron chi connectivity index (χ3n) is 2.65. The van der Waals surface area contributed by atoms with Crippen LogP contribution in [0.2, 0.25) is 0 Å². The van der Waals surface area contributed by atoms with Crippen molar-refractivity contribution >= 4 is 38.6 Å². The number of oxazole rings is 1. The molecule has 0 radical (unpaired) electrons. The summed E-state index contributed by atoms with van der Waals surface area (Å²) in [5.74, 6) is 0.396. The molecule has 2 heterocycles. The van der Waals surface area contributed by atoms with Crippen LogP contribution in [0.4, 0.5) is 5.69 Å². The van der Waals surface area contributed by atoms with Crippen molar-refractivity contribution in [2.75, 3.05) is 5.32 Å². The zero-order valence-corrected chi connectivity index (χ0v) is 11.6. The van der Waals surface area contributed by atoms with Crippen molar-refractivity contribution in [3.8, 4) is 0 Å². The number of benzene rings is 1. The molecule has 1 amide bonds. The molecule has 5 nitrogen and oxygen atoms in total. The number of hydrogen-bond donors (Lipinski definition) is 2. The van der Waals surface area contributed by atoms with Crippen molar-refractivity contribution in [1.29, 1.82) is 0 Å². The van der Waals surface area contributed by atoms with Gasteiger partial charge in [0.05, 0.1) is 0 Å². The Bertz CT molecular complexity index is 760. The van der Waals surface area contributed by atoms with Crippen LogP contribution in [0, 0.1) is 6.92 Å². The van der Waals surface area contributed by atoms with E-state index in [2.05, 4.69) is 31.2 Å². The van der Waals surface area contributed by atoms with Gasteiger partial charge in [0.2, 0.25) is 0 Å². The lowest BCUT2D eigenvalue weighted by atomic mass is 10.3. The summed E-state index contributed by atoms with van der Waals surface area (Å²) >= 11 is 3.29. The van der Waals surface area contributed by atoms with Gasteiger partial charge in [0.15, 0.2) is 11.5 Å². The van der Waals surface area contributed by atoms with Crippen molar-refractivity contribution in [2.24, 2.45) is 0 Å². The van der Waals surface area contributed by atoms with Gasteiger partial charge in [-0.3, -0.25) is 4.79 Å². The molecule has 0 unspecified atom stereocenters. The summed E-state index contributed by atoms with van der Waals surface area (Å²) in [6.07, 6.45) is 1.71. The predicted octanol–water partition coefficient (Wildman–Crippen LogP) is 3.48. The van der Waals surface area contributed by atoms with Gasteiger partial charge in [-0.15, -0.1) is 0 Å². The topological polar surface area (TPSA) is 70.9 Å². The van der Waals surface area contributed by atoms with E-state index >= 15 is 0 Å². The number of H-pyrrole nitrogens is 1. The molecule has 2 N–H and O–H groups in total. The number of amides is 1. The van der Waals surface area contributed by atoms with E-state index in [1.54, 1.807) is 31.3 Å². The van der Waals surface area contributed by atoms with Crippen molar-refractivity contribution in [1.82, 2.24) is 9.97 Å². The molecule has 0 spiro atoms. The van der Waals surface area contributed by atoms with Gasteiger partial charge >= 0.3 is 0 Å². The van der Waals surface area contributed by atoms with E-state index in [9.17, 15) is 4.79 Å². The molecule has 0 aliphatic heterocycles. The Morgan fingerprint density at radius 1 is 1.42 bits per heavy atom. The van der Waals surface area contributed by atoms with E-state index in [1.165, 1.54) is 0 Å². The number of carbonyl (C=O) groups excluding carboxylic acids is 1. The molecule has 19 heavy (non-hydrogen) atoms. The highest BCUT2D eigenvalue weighted by atomic mass is 79.9. The highest BCUT2D eigenvalue weighted by Gasteiger charge is 2.09. The summed E-state index contributed by atoms with van der Waals surface area (Å²) in [6, 6.07) is 7.07. The van der Waals surface area contributed by atoms with E-state index in [1.807, 2.05) is 6.07 Å². The zero-order chi connectivity index (χ0) is 13.4. The quantitative estimate of drug-likeness (QED) is 0.759. The summed E-state index contributed by atoms with van der Waals surface area (Å²) in [7, 11) is 0. The molecular formula is C13H10BrN3O2. The number of nitrogens with zero attached hydrogens (tertiary/aromatic N) is 1. The molecule has 96 valence electrons. The molecule has 3 rings (SSSR count). The molecule has 0 saturated heterocycles. The van der Waals surface area contributed by atoms with E-state index in [-0.39, 0.29) is 5.91 Å². The first-order valence-corrected chi connectivity index (χ1v) is 6.43. The standard InChI is InChI=1S/C13H10BrN3O2/c1-7-16-10-3-2-9(5-12(10)19-7)17-13(18)11-4-8(14)6-15-11/h2-6,15H,1H3,(H,17,18). The molecule has 2 aromatic heterocycles. The second kappa shape index (κ2) is 4.55. The minimum Gasteiger partial charge on any atom is -0.441 e. The average Bonchev–Trinajstić information content (AvgIpc) is 2.93. The van der Waals surface area contributed by atoms with Gasteiger partial charge in [-0.25, -0.2) is 4.98 Å². The Hall–Kier alpha value is -2.08. The minimum atomic E-state index is -0.207. The molecule has 3 aromatic rings. The largest absolute Gasteiger partial charge is 0.441 e. The molecular weight excluding hydrogens is 310 g/mol. The number of aryl methyl sites for hydroxylation is 1. The fourth-order valence-corrected chi connectivity index (χ4v) is 2.16. The fourth-order valence-electron chi connectivity index (χ4n) is 1.82. The van der Waals surface area contributed by atoms with Crippen LogP contribution < -0.4 is 5.32 Å².